The van der Waals surface area contributed by atoms with Gasteiger partial charge in [0.1, 0.15) is 15.8 Å². The molecule has 172 valence electrons. The van der Waals surface area contributed by atoms with E-state index in [2.05, 4.69) is 24.3 Å². The van der Waals surface area contributed by atoms with E-state index < -0.39 is 11.9 Å². The molecule has 1 aliphatic heterocycles. The summed E-state index contributed by atoms with van der Waals surface area (Å²) < 4.78 is 6.54. The number of carbonyl (C=O) groups is 2. The molecule has 3 aromatic rings. The molecule has 1 amide bonds. The first-order chi connectivity index (χ1) is 16.5. The first-order valence-electron chi connectivity index (χ1n) is 11.2. The van der Waals surface area contributed by atoms with Crippen molar-refractivity contribution in [2.45, 2.75) is 31.7 Å². The summed E-state index contributed by atoms with van der Waals surface area (Å²) in [6.45, 7) is 0. The lowest BCUT2D eigenvalue weighted by atomic mass is 9.85. The minimum Gasteiger partial charge on any atom is -0.481 e. The Morgan fingerprint density at radius 3 is 2.59 bits per heavy atom. The van der Waals surface area contributed by atoms with Gasteiger partial charge >= 0.3 is 5.97 Å². The van der Waals surface area contributed by atoms with Gasteiger partial charge in [0.05, 0.1) is 10.8 Å². The molecule has 34 heavy (non-hydrogen) atoms. The van der Waals surface area contributed by atoms with E-state index in [1.54, 1.807) is 11.0 Å². The van der Waals surface area contributed by atoms with Crippen LogP contribution < -0.4 is 0 Å². The first-order valence-corrected chi connectivity index (χ1v) is 12.5. The van der Waals surface area contributed by atoms with Crippen LogP contribution >= 0.6 is 24.0 Å². The molecule has 2 fully saturated rings. The number of carboxylic acid groups (broad SMARTS) is 1. The zero-order valence-electron chi connectivity index (χ0n) is 18.3. The molecule has 0 bridgehead atoms. The van der Waals surface area contributed by atoms with Gasteiger partial charge in [-0.1, -0.05) is 78.9 Å². The van der Waals surface area contributed by atoms with E-state index in [9.17, 15) is 14.7 Å². The van der Waals surface area contributed by atoms with Gasteiger partial charge in [-0.15, -0.1) is 0 Å². The summed E-state index contributed by atoms with van der Waals surface area (Å²) in [7, 11) is 0. The summed E-state index contributed by atoms with van der Waals surface area (Å²) >= 11 is 6.73. The molecule has 2 aromatic carbocycles. The van der Waals surface area contributed by atoms with E-state index in [0.717, 1.165) is 35.3 Å². The third kappa shape index (κ3) is 4.58. The number of furan rings is 1. The van der Waals surface area contributed by atoms with Crippen molar-refractivity contribution in [1.82, 2.24) is 4.90 Å². The Hall–Kier alpha value is -3.16. The van der Waals surface area contributed by atoms with E-state index in [1.165, 1.54) is 11.8 Å². The van der Waals surface area contributed by atoms with Crippen LogP contribution in [0.3, 0.4) is 0 Å². The van der Waals surface area contributed by atoms with Gasteiger partial charge in [-0.3, -0.25) is 14.5 Å². The zero-order valence-corrected chi connectivity index (χ0v) is 20.0. The van der Waals surface area contributed by atoms with Crippen LogP contribution in [0.25, 0.3) is 28.5 Å². The summed E-state index contributed by atoms with van der Waals surface area (Å²) in [5.41, 5.74) is 3.19. The van der Waals surface area contributed by atoms with Crippen LogP contribution in [0.2, 0.25) is 0 Å². The number of hydrogen-bond donors (Lipinski definition) is 1. The molecule has 7 heteroatoms. The Balaban J connectivity index is 1.35. The number of benzene rings is 2. The van der Waals surface area contributed by atoms with Gasteiger partial charge in [0.15, 0.2) is 0 Å². The first kappa shape index (κ1) is 22.6. The van der Waals surface area contributed by atoms with Crippen molar-refractivity contribution in [3.8, 4) is 22.5 Å². The Bertz CT molecular complexity index is 1280. The zero-order chi connectivity index (χ0) is 23.7. The summed E-state index contributed by atoms with van der Waals surface area (Å²) in [5.74, 6) is -0.101. The molecule has 1 N–H and O–H groups in total. The standard InChI is InChI=1S/C27H23NO4S2/c29-25-24(34-27(33)28(25)21-11-5-10-20(15-21)26(30)31)16-22-12-13-23(32-22)19-9-4-8-18(14-19)17-6-2-1-3-7-17/h1-4,6-9,12-14,16,20-21H,5,10-11,15H2,(H,30,31). The largest absolute Gasteiger partial charge is 0.481 e. The molecule has 0 radical (unpaired) electrons. The van der Waals surface area contributed by atoms with Crippen molar-refractivity contribution in [1.29, 1.82) is 0 Å². The van der Waals surface area contributed by atoms with Crippen molar-refractivity contribution < 1.29 is 19.1 Å². The second-order valence-corrected chi connectivity index (χ2v) is 10.2. The normalized spacial score (nSPS) is 21.9. The van der Waals surface area contributed by atoms with Gasteiger partial charge in [0.2, 0.25) is 0 Å². The maximum absolute atomic E-state index is 13.1. The monoisotopic (exact) mass is 489 g/mol. The predicted molar refractivity (Wildman–Crippen MR) is 138 cm³/mol. The van der Waals surface area contributed by atoms with Gasteiger partial charge < -0.3 is 9.52 Å². The summed E-state index contributed by atoms with van der Waals surface area (Å²) in [6, 6.07) is 21.9. The minimum atomic E-state index is -0.801. The molecular weight excluding hydrogens is 466 g/mol. The smallest absolute Gasteiger partial charge is 0.306 e. The molecule has 5 rings (SSSR count). The Morgan fingerprint density at radius 1 is 1.03 bits per heavy atom. The van der Waals surface area contributed by atoms with Gasteiger partial charge in [-0.25, -0.2) is 0 Å². The molecule has 2 aliphatic rings. The van der Waals surface area contributed by atoms with E-state index >= 15 is 0 Å². The number of aliphatic carboxylic acids is 1. The van der Waals surface area contributed by atoms with Gasteiger partial charge in [-0.05, 0) is 48.6 Å². The lowest BCUT2D eigenvalue weighted by Gasteiger charge is -2.32. The maximum atomic E-state index is 13.1. The quantitative estimate of drug-likeness (QED) is 0.328. The molecule has 2 heterocycles. The highest BCUT2D eigenvalue weighted by atomic mass is 32.2. The fourth-order valence-corrected chi connectivity index (χ4v) is 6.00. The van der Waals surface area contributed by atoms with E-state index in [-0.39, 0.29) is 11.9 Å². The summed E-state index contributed by atoms with van der Waals surface area (Å²) in [6.07, 6.45) is 4.36. The molecule has 2 unspecified atom stereocenters. The predicted octanol–water partition coefficient (Wildman–Crippen LogP) is 6.46. The fraction of sp³-hybridized carbons (Fsp3) is 0.222. The van der Waals surface area contributed by atoms with Crippen molar-refractivity contribution in [3.63, 3.8) is 0 Å². The molecule has 5 nitrogen and oxygen atoms in total. The van der Waals surface area contributed by atoms with Crippen LogP contribution in [0.5, 0.6) is 0 Å². The third-order valence-electron chi connectivity index (χ3n) is 6.34. The Kier molecular flexibility index (Phi) is 6.39. The number of rotatable bonds is 5. The lowest BCUT2D eigenvalue weighted by Crippen LogP contribution is -2.42. The molecule has 1 saturated carbocycles. The van der Waals surface area contributed by atoms with Crippen molar-refractivity contribution in [3.05, 3.63) is 77.4 Å². The highest BCUT2D eigenvalue weighted by Gasteiger charge is 2.40. The molecular formula is C27H23NO4S2. The van der Waals surface area contributed by atoms with Gasteiger partial charge in [0.25, 0.3) is 5.91 Å². The average molecular weight is 490 g/mol. The van der Waals surface area contributed by atoms with Crippen LogP contribution in [0, 0.1) is 5.92 Å². The Labute approximate surface area is 207 Å². The van der Waals surface area contributed by atoms with Crippen LogP contribution in [0.1, 0.15) is 31.4 Å². The summed E-state index contributed by atoms with van der Waals surface area (Å²) in [5, 5.41) is 9.39. The molecule has 1 aliphatic carbocycles. The Morgan fingerprint density at radius 2 is 1.79 bits per heavy atom. The molecule has 1 saturated heterocycles. The van der Waals surface area contributed by atoms with E-state index in [1.807, 2.05) is 42.5 Å². The molecule has 1 aromatic heterocycles. The highest BCUT2D eigenvalue weighted by Crippen LogP contribution is 2.39. The fourth-order valence-electron chi connectivity index (χ4n) is 4.61. The topological polar surface area (TPSA) is 70.8 Å². The van der Waals surface area contributed by atoms with Crippen LogP contribution in [-0.4, -0.2) is 32.2 Å². The number of carbonyl (C=O) groups excluding carboxylic acids is 1. The van der Waals surface area contributed by atoms with Crippen molar-refractivity contribution in [2.24, 2.45) is 5.92 Å². The highest BCUT2D eigenvalue weighted by molar-refractivity contribution is 8.26. The van der Waals surface area contributed by atoms with E-state index in [4.69, 9.17) is 16.6 Å². The second kappa shape index (κ2) is 9.60. The van der Waals surface area contributed by atoms with Gasteiger partial charge in [-0.2, -0.15) is 0 Å². The number of nitrogens with zero attached hydrogens (tertiary/aromatic N) is 1. The number of amides is 1. The summed E-state index contributed by atoms with van der Waals surface area (Å²) in [4.78, 5) is 26.7. The average Bonchev–Trinajstić information content (AvgIpc) is 3.44. The lowest BCUT2D eigenvalue weighted by molar-refractivity contribution is -0.144. The van der Waals surface area contributed by atoms with E-state index in [0.29, 0.717) is 27.8 Å². The van der Waals surface area contributed by atoms with Crippen LogP contribution in [0.4, 0.5) is 0 Å². The molecule has 2 atom stereocenters. The number of carboxylic acids is 1. The van der Waals surface area contributed by atoms with Crippen LogP contribution in [-0.2, 0) is 9.59 Å². The van der Waals surface area contributed by atoms with Gasteiger partial charge in [0, 0.05) is 17.7 Å². The molecule has 0 spiro atoms. The SMILES string of the molecule is O=C(O)C1CCCC(N2C(=O)C(=Cc3ccc(-c4cccc(-c5ccccc5)c4)o3)SC2=S)C1. The van der Waals surface area contributed by atoms with Crippen molar-refractivity contribution in [2.75, 3.05) is 0 Å². The van der Waals surface area contributed by atoms with Crippen molar-refractivity contribution >= 4 is 46.3 Å². The number of thioether (sulfide) groups is 1. The minimum absolute atomic E-state index is 0.166. The maximum Gasteiger partial charge on any atom is 0.306 e. The third-order valence-corrected chi connectivity index (χ3v) is 7.67. The number of hydrogen-bond acceptors (Lipinski definition) is 5. The van der Waals surface area contributed by atoms with Crippen LogP contribution in [0.15, 0.2) is 76.1 Å². The number of thiocarbonyl (C=S) groups is 1. The second-order valence-electron chi connectivity index (χ2n) is 8.56.